The maximum atomic E-state index is 12.0. The van der Waals surface area contributed by atoms with Crippen LogP contribution in [-0.2, 0) is 16.6 Å². The molecule has 15 heavy (non-hydrogen) atoms. The molecule has 0 radical (unpaired) electrons. The Morgan fingerprint density at radius 3 is 2.60 bits per heavy atom. The number of hydrogen-bond acceptors (Lipinski definition) is 3. The largest absolute Gasteiger partial charge is 0.225 e. The van der Waals surface area contributed by atoms with Gasteiger partial charge in [0.1, 0.15) is 0 Å². The van der Waals surface area contributed by atoms with Crippen LogP contribution in [0.2, 0.25) is 5.02 Å². The molecule has 0 unspecified atom stereocenters. The van der Waals surface area contributed by atoms with Gasteiger partial charge in [0.05, 0.1) is 11.9 Å². The standard InChI is InChI=1S/C8H10ClFN2O2S/c1-15(13,14)11-5-6-2-3-7(12-10)4-8(6)9/h2-4,11-12H,5H2,1H3. The van der Waals surface area contributed by atoms with Crippen molar-refractivity contribution in [2.24, 2.45) is 0 Å². The smallest absolute Gasteiger partial charge is 0.209 e. The summed E-state index contributed by atoms with van der Waals surface area (Å²) in [5.74, 6) is 0. The van der Waals surface area contributed by atoms with E-state index in [1.807, 2.05) is 0 Å². The maximum Gasteiger partial charge on any atom is 0.209 e. The summed E-state index contributed by atoms with van der Waals surface area (Å²) in [4.78, 5) is 0. The molecule has 0 aliphatic heterocycles. The van der Waals surface area contributed by atoms with Crippen molar-refractivity contribution in [3.05, 3.63) is 28.8 Å². The molecule has 4 nitrogen and oxygen atoms in total. The van der Waals surface area contributed by atoms with Crippen LogP contribution in [0, 0.1) is 0 Å². The molecule has 0 aromatic heterocycles. The third-order valence-corrected chi connectivity index (χ3v) is 2.71. The quantitative estimate of drug-likeness (QED) is 0.802. The molecule has 1 rings (SSSR count). The molecule has 84 valence electrons. The Labute approximate surface area is 92.4 Å². The number of halogens is 2. The van der Waals surface area contributed by atoms with Crippen LogP contribution in [0.25, 0.3) is 0 Å². The molecular weight excluding hydrogens is 243 g/mol. The summed E-state index contributed by atoms with van der Waals surface area (Å²) in [6.07, 6.45) is 1.05. The van der Waals surface area contributed by atoms with Crippen LogP contribution in [0.5, 0.6) is 0 Å². The van der Waals surface area contributed by atoms with E-state index in [9.17, 15) is 12.9 Å². The van der Waals surface area contributed by atoms with Gasteiger partial charge < -0.3 is 0 Å². The summed E-state index contributed by atoms with van der Waals surface area (Å²) in [6.45, 7) is 0.0875. The van der Waals surface area contributed by atoms with Crippen LogP contribution in [0.15, 0.2) is 18.2 Å². The number of rotatable bonds is 4. The number of benzene rings is 1. The lowest BCUT2D eigenvalue weighted by molar-refractivity contribution is 0.587. The minimum absolute atomic E-state index is 0.0875. The van der Waals surface area contributed by atoms with Gasteiger partial charge in [0, 0.05) is 11.6 Å². The second-order valence-electron chi connectivity index (χ2n) is 2.99. The van der Waals surface area contributed by atoms with Gasteiger partial charge in [0.25, 0.3) is 0 Å². The van der Waals surface area contributed by atoms with Crippen molar-refractivity contribution in [2.45, 2.75) is 6.54 Å². The fourth-order valence-corrected chi connectivity index (χ4v) is 1.62. The first-order chi connectivity index (χ1) is 6.92. The molecule has 0 saturated carbocycles. The molecule has 0 atom stereocenters. The topological polar surface area (TPSA) is 58.2 Å². The summed E-state index contributed by atoms with van der Waals surface area (Å²) in [6, 6.07) is 4.38. The Morgan fingerprint density at radius 2 is 2.13 bits per heavy atom. The summed E-state index contributed by atoms with van der Waals surface area (Å²) in [7, 11) is -3.25. The predicted molar refractivity (Wildman–Crippen MR) is 57.9 cm³/mol. The van der Waals surface area contributed by atoms with Gasteiger partial charge in [0.2, 0.25) is 10.0 Å². The summed E-state index contributed by atoms with van der Waals surface area (Å²) in [5, 5.41) is 0.300. The minimum atomic E-state index is -3.25. The van der Waals surface area contributed by atoms with Gasteiger partial charge in [-0.15, -0.1) is 4.48 Å². The Hall–Kier alpha value is -0.850. The number of sulfonamides is 1. The Bertz CT molecular complexity index is 450. The van der Waals surface area contributed by atoms with Crippen LogP contribution >= 0.6 is 11.6 Å². The van der Waals surface area contributed by atoms with Crippen LogP contribution in [0.4, 0.5) is 10.2 Å². The zero-order chi connectivity index (χ0) is 11.5. The van der Waals surface area contributed by atoms with Crippen LogP contribution in [0.3, 0.4) is 0 Å². The van der Waals surface area contributed by atoms with Gasteiger partial charge in [-0.2, -0.15) is 0 Å². The molecule has 0 saturated heterocycles. The average Bonchev–Trinajstić information content (AvgIpc) is 2.14. The minimum Gasteiger partial charge on any atom is -0.225 e. The van der Waals surface area contributed by atoms with Crippen molar-refractivity contribution in [3.63, 3.8) is 0 Å². The first-order valence-electron chi connectivity index (χ1n) is 4.02. The second kappa shape index (κ2) is 4.78. The van der Waals surface area contributed by atoms with E-state index in [2.05, 4.69) is 4.72 Å². The SMILES string of the molecule is CS(=O)(=O)NCc1ccc(NF)cc1Cl. The third-order valence-electron chi connectivity index (χ3n) is 1.69. The van der Waals surface area contributed by atoms with Crippen LogP contribution in [-0.4, -0.2) is 14.7 Å². The molecule has 0 bridgehead atoms. The van der Waals surface area contributed by atoms with E-state index < -0.39 is 10.0 Å². The summed E-state index contributed by atoms with van der Waals surface area (Å²) >= 11 is 5.80. The molecule has 0 aliphatic rings. The summed E-state index contributed by atoms with van der Waals surface area (Å²) < 4.78 is 35.9. The first kappa shape index (κ1) is 12.2. The molecule has 0 heterocycles. The number of anilines is 1. The Kier molecular flexibility index (Phi) is 3.90. The van der Waals surface area contributed by atoms with Crippen molar-refractivity contribution in [3.8, 4) is 0 Å². The van der Waals surface area contributed by atoms with Crippen LogP contribution < -0.4 is 10.3 Å². The average molecular weight is 253 g/mol. The van der Waals surface area contributed by atoms with E-state index in [-0.39, 0.29) is 12.2 Å². The highest BCUT2D eigenvalue weighted by Crippen LogP contribution is 2.20. The highest BCUT2D eigenvalue weighted by molar-refractivity contribution is 7.88. The first-order valence-corrected chi connectivity index (χ1v) is 6.29. The fourth-order valence-electron chi connectivity index (χ4n) is 0.958. The highest BCUT2D eigenvalue weighted by atomic mass is 35.5. The molecule has 1 aromatic rings. The van der Waals surface area contributed by atoms with E-state index >= 15 is 0 Å². The zero-order valence-corrected chi connectivity index (χ0v) is 9.49. The van der Waals surface area contributed by atoms with Gasteiger partial charge >= 0.3 is 0 Å². The predicted octanol–water partition coefficient (Wildman–Crippen LogP) is 1.69. The van der Waals surface area contributed by atoms with Gasteiger partial charge in [-0.3, -0.25) is 0 Å². The molecule has 1 aromatic carbocycles. The van der Waals surface area contributed by atoms with E-state index in [0.29, 0.717) is 10.6 Å². The van der Waals surface area contributed by atoms with Crippen molar-refractivity contribution < 1.29 is 12.9 Å². The molecule has 0 fully saturated rings. The van der Waals surface area contributed by atoms with Crippen molar-refractivity contribution in [1.29, 1.82) is 0 Å². The van der Waals surface area contributed by atoms with Gasteiger partial charge in [-0.25, -0.2) is 18.7 Å². The molecule has 0 amide bonds. The fraction of sp³-hybridized carbons (Fsp3) is 0.250. The summed E-state index contributed by atoms with van der Waals surface area (Å²) in [5.41, 5.74) is 2.25. The molecule has 0 spiro atoms. The zero-order valence-electron chi connectivity index (χ0n) is 7.92. The lowest BCUT2D eigenvalue weighted by atomic mass is 10.2. The van der Waals surface area contributed by atoms with Crippen LogP contribution in [0.1, 0.15) is 5.56 Å². The normalized spacial score (nSPS) is 11.4. The lowest BCUT2D eigenvalue weighted by Gasteiger charge is -2.06. The number of hydrogen-bond donors (Lipinski definition) is 2. The lowest BCUT2D eigenvalue weighted by Crippen LogP contribution is -2.21. The highest BCUT2D eigenvalue weighted by Gasteiger charge is 2.05. The van der Waals surface area contributed by atoms with E-state index in [0.717, 1.165) is 6.26 Å². The van der Waals surface area contributed by atoms with E-state index in [1.165, 1.54) is 17.7 Å². The molecule has 0 aliphatic carbocycles. The molecule has 2 N–H and O–H groups in total. The van der Waals surface area contributed by atoms with Crippen molar-refractivity contribution >= 4 is 27.3 Å². The number of nitrogens with one attached hydrogen (secondary N) is 2. The maximum absolute atomic E-state index is 12.0. The third kappa shape index (κ3) is 4.03. The van der Waals surface area contributed by atoms with Crippen molar-refractivity contribution in [2.75, 3.05) is 11.8 Å². The molecular formula is C8H10ClFN2O2S. The Morgan fingerprint density at radius 1 is 1.47 bits per heavy atom. The molecule has 7 heteroatoms. The van der Waals surface area contributed by atoms with Crippen molar-refractivity contribution in [1.82, 2.24) is 4.72 Å². The van der Waals surface area contributed by atoms with E-state index in [1.54, 1.807) is 6.07 Å². The van der Waals surface area contributed by atoms with E-state index in [4.69, 9.17) is 11.6 Å². The second-order valence-corrected chi connectivity index (χ2v) is 5.23. The van der Waals surface area contributed by atoms with Gasteiger partial charge in [-0.1, -0.05) is 17.7 Å². The Balaban J connectivity index is 2.79. The van der Waals surface area contributed by atoms with Gasteiger partial charge in [0.15, 0.2) is 0 Å². The monoisotopic (exact) mass is 252 g/mol. The van der Waals surface area contributed by atoms with Gasteiger partial charge in [-0.05, 0) is 17.7 Å².